The maximum atomic E-state index is 12.5. The van der Waals surface area contributed by atoms with Gasteiger partial charge in [-0.25, -0.2) is 0 Å². The lowest BCUT2D eigenvalue weighted by Gasteiger charge is -2.35. The molecule has 2 heterocycles. The molecule has 2 fully saturated rings. The van der Waals surface area contributed by atoms with E-state index in [-0.39, 0.29) is 5.54 Å². The van der Waals surface area contributed by atoms with Crippen molar-refractivity contribution in [1.82, 2.24) is 10.2 Å². The predicted octanol–water partition coefficient (Wildman–Crippen LogP) is 3.19. The molecule has 0 bridgehead atoms. The van der Waals surface area contributed by atoms with E-state index >= 15 is 0 Å². The van der Waals surface area contributed by atoms with Crippen LogP contribution >= 0.6 is 0 Å². The Labute approximate surface area is 124 Å². The number of likely N-dealkylation sites (tertiary alicyclic amines) is 1. The molecule has 0 aliphatic carbocycles. The number of fused-ring (bicyclic) bond motifs is 1. The molecule has 2 atom stereocenters. The van der Waals surface area contributed by atoms with Crippen LogP contribution < -0.4 is 5.32 Å². The molecule has 2 aliphatic rings. The van der Waals surface area contributed by atoms with Gasteiger partial charge in [0.15, 0.2) is 0 Å². The van der Waals surface area contributed by atoms with Crippen LogP contribution in [0.1, 0.15) is 65.7 Å². The maximum Gasteiger partial charge on any atom is 0.223 e. The van der Waals surface area contributed by atoms with Gasteiger partial charge in [-0.2, -0.15) is 0 Å². The van der Waals surface area contributed by atoms with E-state index in [0.29, 0.717) is 17.7 Å². The minimum absolute atomic E-state index is 0.0491. The SMILES string of the molecule is CCCCCCCCC(=O)N1CC2CNCC2C1(C)C. The van der Waals surface area contributed by atoms with Crippen LogP contribution in [0.3, 0.4) is 0 Å². The maximum absolute atomic E-state index is 12.5. The Hall–Kier alpha value is -0.570. The molecular weight excluding hydrogens is 248 g/mol. The summed E-state index contributed by atoms with van der Waals surface area (Å²) in [6, 6.07) is 0. The Morgan fingerprint density at radius 3 is 2.55 bits per heavy atom. The van der Waals surface area contributed by atoms with Crippen molar-refractivity contribution in [3.05, 3.63) is 0 Å². The highest BCUT2D eigenvalue weighted by molar-refractivity contribution is 5.77. The Kier molecular flexibility index (Phi) is 5.48. The first-order valence-corrected chi connectivity index (χ1v) is 8.58. The molecule has 0 spiro atoms. The van der Waals surface area contributed by atoms with Crippen LogP contribution in [-0.4, -0.2) is 36.0 Å². The number of rotatable bonds is 7. The Balaban J connectivity index is 1.73. The average molecular weight is 280 g/mol. The predicted molar refractivity (Wildman–Crippen MR) is 83.6 cm³/mol. The second kappa shape index (κ2) is 6.93. The van der Waals surface area contributed by atoms with E-state index in [9.17, 15) is 4.79 Å². The summed E-state index contributed by atoms with van der Waals surface area (Å²) in [7, 11) is 0. The van der Waals surface area contributed by atoms with E-state index in [1.807, 2.05) is 0 Å². The first-order valence-electron chi connectivity index (χ1n) is 8.58. The molecule has 20 heavy (non-hydrogen) atoms. The van der Waals surface area contributed by atoms with Gasteiger partial charge in [0.2, 0.25) is 5.91 Å². The molecule has 0 saturated carbocycles. The molecule has 0 radical (unpaired) electrons. The van der Waals surface area contributed by atoms with E-state index < -0.39 is 0 Å². The van der Waals surface area contributed by atoms with Gasteiger partial charge in [-0.15, -0.1) is 0 Å². The summed E-state index contributed by atoms with van der Waals surface area (Å²) in [5.41, 5.74) is 0.0491. The van der Waals surface area contributed by atoms with Gasteiger partial charge in [0, 0.05) is 31.6 Å². The molecule has 3 heteroatoms. The highest BCUT2D eigenvalue weighted by Gasteiger charge is 2.50. The molecule has 0 aromatic carbocycles. The Bertz CT molecular complexity index is 327. The number of amides is 1. The number of nitrogens with zero attached hydrogens (tertiary/aromatic N) is 1. The molecule has 0 aromatic heterocycles. The summed E-state index contributed by atoms with van der Waals surface area (Å²) in [4.78, 5) is 14.7. The van der Waals surface area contributed by atoms with Gasteiger partial charge in [0.1, 0.15) is 0 Å². The van der Waals surface area contributed by atoms with Gasteiger partial charge in [-0.3, -0.25) is 4.79 Å². The number of hydrogen-bond acceptors (Lipinski definition) is 2. The molecule has 2 saturated heterocycles. The zero-order valence-electron chi connectivity index (χ0n) is 13.6. The molecule has 0 aromatic rings. The van der Waals surface area contributed by atoms with Gasteiger partial charge in [0.25, 0.3) is 0 Å². The fourth-order valence-corrected chi connectivity index (χ4v) is 4.04. The third kappa shape index (κ3) is 3.36. The summed E-state index contributed by atoms with van der Waals surface area (Å²) in [6.07, 6.45) is 8.29. The van der Waals surface area contributed by atoms with Gasteiger partial charge in [-0.1, -0.05) is 39.0 Å². The second-order valence-corrected chi connectivity index (χ2v) is 7.20. The van der Waals surface area contributed by atoms with Crippen molar-refractivity contribution >= 4 is 5.91 Å². The zero-order valence-corrected chi connectivity index (χ0v) is 13.6. The van der Waals surface area contributed by atoms with Crippen LogP contribution in [0.5, 0.6) is 0 Å². The molecular formula is C17H32N2O. The molecule has 2 unspecified atom stereocenters. The minimum atomic E-state index is 0.0491. The monoisotopic (exact) mass is 280 g/mol. The van der Waals surface area contributed by atoms with E-state index in [0.717, 1.165) is 32.5 Å². The third-order valence-electron chi connectivity index (χ3n) is 5.41. The number of carbonyl (C=O) groups excluding carboxylic acids is 1. The van der Waals surface area contributed by atoms with Gasteiger partial charge in [0.05, 0.1) is 0 Å². The Morgan fingerprint density at radius 1 is 1.15 bits per heavy atom. The van der Waals surface area contributed by atoms with Crippen LogP contribution in [0.2, 0.25) is 0 Å². The molecule has 2 aliphatic heterocycles. The molecule has 3 nitrogen and oxygen atoms in total. The first-order chi connectivity index (χ1) is 9.57. The molecule has 116 valence electrons. The number of carbonyl (C=O) groups is 1. The molecule has 1 amide bonds. The first kappa shape index (κ1) is 15.8. The quantitative estimate of drug-likeness (QED) is 0.726. The highest BCUT2D eigenvalue weighted by atomic mass is 16.2. The smallest absolute Gasteiger partial charge is 0.223 e. The largest absolute Gasteiger partial charge is 0.337 e. The van der Waals surface area contributed by atoms with Gasteiger partial charge in [-0.05, 0) is 32.1 Å². The topological polar surface area (TPSA) is 32.3 Å². The fraction of sp³-hybridized carbons (Fsp3) is 0.941. The molecule has 1 N–H and O–H groups in total. The molecule has 2 rings (SSSR count). The van der Waals surface area contributed by atoms with Crippen molar-refractivity contribution in [2.75, 3.05) is 19.6 Å². The fourth-order valence-electron chi connectivity index (χ4n) is 4.04. The van der Waals surface area contributed by atoms with Crippen molar-refractivity contribution in [3.63, 3.8) is 0 Å². The summed E-state index contributed by atoms with van der Waals surface area (Å²) >= 11 is 0. The van der Waals surface area contributed by atoms with Crippen LogP contribution in [0, 0.1) is 11.8 Å². The average Bonchev–Trinajstić information content (AvgIpc) is 2.96. The van der Waals surface area contributed by atoms with Crippen molar-refractivity contribution < 1.29 is 4.79 Å². The van der Waals surface area contributed by atoms with Crippen LogP contribution in [0.25, 0.3) is 0 Å². The zero-order chi connectivity index (χ0) is 14.6. The van der Waals surface area contributed by atoms with E-state index in [1.165, 1.54) is 32.1 Å². The second-order valence-electron chi connectivity index (χ2n) is 7.20. The summed E-state index contributed by atoms with van der Waals surface area (Å²) in [5.74, 6) is 1.72. The lowest BCUT2D eigenvalue weighted by molar-refractivity contribution is -0.135. The number of hydrogen-bond donors (Lipinski definition) is 1. The van der Waals surface area contributed by atoms with Crippen LogP contribution in [0.4, 0.5) is 0 Å². The summed E-state index contributed by atoms with van der Waals surface area (Å²) in [6.45, 7) is 9.89. The standard InChI is InChI=1S/C17H32N2O/c1-4-5-6-7-8-9-10-16(20)19-13-14-11-18-12-15(14)17(19,2)3/h14-15,18H,4-13H2,1-3H3. The lowest BCUT2D eigenvalue weighted by Crippen LogP contribution is -2.47. The van der Waals surface area contributed by atoms with E-state index in [4.69, 9.17) is 0 Å². The van der Waals surface area contributed by atoms with Crippen molar-refractivity contribution in [1.29, 1.82) is 0 Å². The normalized spacial score (nSPS) is 27.9. The van der Waals surface area contributed by atoms with Gasteiger partial charge >= 0.3 is 0 Å². The van der Waals surface area contributed by atoms with Crippen LogP contribution in [0.15, 0.2) is 0 Å². The van der Waals surface area contributed by atoms with E-state index in [2.05, 4.69) is 31.0 Å². The summed E-state index contributed by atoms with van der Waals surface area (Å²) < 4.78 is 0. The minimum Gasteiger partial charge on any atom is -0.337 e. The van der Waals surface area contributed by atoms with Crippen LogP contribution in [-0.2, 0) is 4.79 Å². The lowest BCUT2D eigenvalue weighted by atomic mass is 9.85. The van der Waals surface area contributed by atoms with Crippen molar-refractivity contribution in [3.8, 4) is 0 Å². The number of unbranched alkanes of at least 4 members (excludes halogenated alkanes) is 5. The van der Waals surface area contributed by atoms with E-state index in [1.54, 1.807) is 0 Å². The highest BCUT2D eigenvalue weighted by Crippen LogP contribution is 2.40. The van der Waals surface area contributed by atoms with Crippen molar-refractivity contribution in [2.24, 2.45) is 11.8 Å². The van der Waals surface area contributed by atoms with Gasteiger partial charge < -0.3 is 10.2 Å². The van der Waals surface area contributed by atoms with Crippen molar-refractivity contribution in [2.45, 2.75) is 71.3 Å². The number of nitrogens with one attached hydrogen (secondary N) is 1. The third-order valence-corrected chi connectivity index (χ3v) is 5.41. The Morgan fingerprint density at radius 2 is 1.85 bits per heavy atom. The summed E-state index contributed by atoms with van der Waals surface area (Å²) in [5, 5.41) is 3.47.